The average Bonchev–Trinajstić information content (AvgIpc) is 2.69. The molecular weight excluding hydrogens is 208 g/mol. The zero-order valence-corrected chi connectivity index (χ0v) is 9.66. The van der Waals surface area contributed by atoms with E-state index in [1.165, 1.54) is 0 Å². The molecule has 16 heavy (non-hydrogen) atoms. The van der Waals surface area contributed by atoms with Gasteiger partial charge in [-0.3, -0.25) is 9.59 Å². The van der Waals surface area contributed by atoms with Crippen molar-refractivity contribution < 1.29 is 14.7 Å². The molecule has 0 aliphatic carbocycles. The highest BCUT2D eigenvalue weighted by atomic mass is 16.4. The molecule has 1 saturated heterocycles. The minimum atomic E-state index is -0.781. The van der Waals surface area contributed by atoms with Gasteiger partial charge in [-0.25, -0.2) is 0 Å². The van der Waals surface area contributed by atoms with Crippen LogP contribution in [0.2, 0.25) is 0 Å². The van der Waals surface area contributed by atoms with Crippen LogP contribution in [0.4, 0.5) is 0 Å². The number of hydrogen-bond donors (Lipinski definition) is 3. The van der Waals surface area contributed by atoms with Gasteiger partial charge in [-0.2, -0.15) is 0 Å². The summed E-state index contributed by atoms with van der Waals surface area (Å²) in [6.07, 6.45) is 3.43. The lowest BCUT2D eigenvalue weighted by Gasteiger charge is -2.16. The molecule has 0 bridgehead atoms. The summed E-state index contributed by atoms with van der Waals surface area (Å²) in [7, 11) is 0. The summed E-state index contributed by atoms with van der Waals surface area (Å²) in [6.45, 7) is 2.82. The maximum absolute atomic E-state index is 11.7. The Morgan fingerprint density at radius 3 is 2.88 bits per heavy atom. The first-order valence-corrected chi connectivity index (χ1v) is 5.85. The van der Waals surface area contributed by atoms with Crippen molar-refractivity contribution in [1.82, 2.24) is 10.6 Å². The van der Waals surface area contributed by atoms with E-state index in [4.69, 9.17) is 5.11 Å². The fourth-order valence-corrected chi connectivity index (χ4v) is 1.88. The molecular formula is C11H20N2O3. The van der Waals surface area contributed by atoms with Gasteiger partial charge in [0.1, 0.15) is 0 Å². The molecule has 2 atom stereocenters. The Morgan fingerprint density at radius 2 is 2.31 bits per heavy atom. The monoisotopic (exact) mass is 228 g/mol. The van der Waals surface area contributed by atoms with Crippen LogP contribution in [-0.4, -0.2) is 35.6 Å². The van der Waals surface area contributed by atoms with E-state index in [1.807, 2.05) is 6.92 Å². The van der Waals surface area contributed by atoms with Crippen molar-refractivity contribution in [3.05, 3.63) is 0 Å². The minimum Gasteiger partial charge on any atom is -0.481 e. The van der Waals surface area contributed by atoms with Gasteiger partial charge in [0, 0.05) is 12.5 Å². The van der Waals surface area contributed by atoms with Crippen LogP contribution in [0.15, 0.2) is 0 Å². The van der Waals surface area contributed by atoms with Crippen molar-refractivity contribution in [2.75, 3.05) is 6.54 Å². The zero-order chi connectivity index (χ0) is 12.0. The van der Waals surface area contributed by atoms with E-state index in [0.717, 1.165) is 19.4 Å². The Labute approximate surface area is 95.6 Å². The minimum absolute atomic E-state index is 0.0420. The highest BCUT2D eigenvalue weighted by molar-refractivity contribution is 5.82. The molecule has 0 saturated carbocycles. The predicted octanol–water partition coefficient (Wildman–Crippen LogP) is 0.498. The van der Waals surface area contributed by atoms with E-state index < -0.39 is 5.97 Å². The molecule has 0 aromatic heterocycles. The van der Waals surface area contributed by atoms with Crippen LogP contribution in [0.25, 0.3) is 0 Å². The van der Waals surface area contributed by atoms with Crippen molar-refractivity contribution in [1.29, 1.82) is 0 Å². The first-order chi connectivity index (χ1) is 7.59. The van der Waals surface area contributed by atoms with E-state index in [-0.39, 0.29) is 24.4 Å². The number of carboxylic acid groups (broad SMARTS) is 1. The molecule has 0 aromatic carbocycles. The molecule has 1 heterocycles. The van der Waals surface area contributed by atoms with E-state index in [0.29, 0.717) is 12.8 Å². The number of hydrogen-bond acceptors (Lipinski definition) is 3. The first kappa shape index (κ1) is 13.0. The molecule has 1 aliphatic heterocycles. The lowest BCUT2D eigenvalue weighted by atomic mass is 10.1. The van der Waals surface area contributed by atoms with Gasteiger partial charge in [-0.05, 0) is 39.2 Å². The summed E-state index contributed by atoms with van der Waals surface area (Å²) < 4.78 is 0. The van der Waals surface area contributed by atoms with Gasteiger partial charge in [0.05, 0.1) is 6.04 Å². The largest absolute Gasteiger partial charge is 0.481 e. The molecule has 92 valence electrons. The maximum atomic E-state index is 11.7. The maximum Gasteiger partial charge on any atom is 0.303 e. The van der Waals surface area contributed by atoms with Gasteiger partial charge in [0.25, 0.3) is 0 Å². The van der Waals surface area contributed by atoms with Crippen LogP contribution in [0, 0.1) is 0 Å². The second-order valence-electron chi connectivity index (χ2n) is 4.34. The van der Waals surface area contributed by atoms with Crippen molar-refractivity contribution in [3.63, 3.8) is 0 Å². The lowest BCUT2D eigenvalue weighted by molar-refractivity contribution is -0.137. The molecule has 1 fully saturated rings. The third-order valence-electron chi connectivity index (χ3n) is 2.79. The van der Waals surface area contributed by atoms with Gasteiger partial charge >= 0.3 is 5.97 Å². The summed E-state index contributed by atoms with van der Waals surface area (Å²) in [5, 5.41) is 14.5. The highest BCUT2D eigenvalue weighted by Crippen LogP contribution is 2.06. The standard InChI is InChI=1S/C11H20N2O3/c1-8(4-2-6-10(14)15)13-11(16)9-5-3-7-12-9/h8-9,12H,2-7H2,1H3,(H,13,16)(H,14,15). The fraction of sp³-hybridized carbons (Fsp3) is 0.818. The van der Waals surface area contributed by atoms with Gasteiger partial charge in [-0.15, -0.1) is 0 Å². The first-order valence-electron chi connectivity index (χ1n) is 5.85. The summed E-state index contributed by atoms with van der Waals surface area (Å²) in [5.41, 5.74) is 0. The molecule has 0 radical (unpaired) electrons. The van der Waals surface area contributed by atoms with Crippen LogP contribution in [0.3, 0.4) is 0 Å². The second-order valence-corrected chi connectivity index (χ2v) is 4.34. The van der Waals surface area contributed by atoms with Gasteiger partial charge in [-0.1, -0.05) is 0 Å². The lowest BCUT2D eigenvalue weighted by Crippen LogP contribution is -2.44. The Bertz CT molecular complexity index is 250. The van der Waals surface area contributed by atoms with Crippen molar-refractivity contribution in [2.45, 2.75) is 51.1 Å². The summed E-state index contributed by atoms with van der Waals surface area (Å²) in [5.74, 6) is -0.740. The van der Waals surface area contributed by atoms with Crippen LogP contribution in [0.1, 0.15) is 39.0 Å². The van der Waals surface area contributed by atoms with Crippen LogP contribution in [0.5, 0.6) is 0 Å². The predicted molar refractivity (Wildman–Crippen MR) is 60.1 cm³/mol. The van der Waals surface area contributed by atoms with Gasteiger partial charge in [0.15, 0.2) is 0 Å². The molecule has 1 aliphatic rings. The number of nitrogens with one attached hydrogen (secondary N) is 2. The number of carbonyl (C=O) groups is 2. The number of aliphatic carboxylic acids is 1. The number of carboxylic acids is 1. The fourth-order valence-electron chi connectivity index (χ4n) is 1.88. The molecule has 3 N–H and O–H groups in total. The number of amides is 1. The molecule has 0 aromatic rings. The van der Waals surface area contributed by atoms with Crippen molar-refractivity contribution >= 4 is 11.9 Å². The second kappa shape index (κ2) is 6.48. The van der Waals surface area contributed by atoms with Crippen LogP contribution < -0.4 is 10.6 Å². The van der Waals surface area contributed by atoms with Crippen LogP contribution in [-0.2, 0) is 9.59 Å². The van der Waals surface area contributed by atoms with E-state index in [9.17, 15) is 9.59 Å². The van der Waals surface area contributed by atoms with Crippen LogP contribution >= 0.6 is 0 Å². The number of rotatable bonds is 6. The van der Waals surface area contributed by atoms with Gasteiger partial charge in [0.2, 0.25) is 5.91 Å². The third kappa shape index (κ3) is 4.61. The Balaban J connectivity index is 2.14. The molecule has 2 unspecified atom stereocenters. The summed E-state index contributed by atoms with van der Waals surface area (Å²) >= 11 is 0. The Morgan fingerprint density at radius 1 is 1.56 bits per heavy atom. The average molecular weight is 228 g/mol. The summed E-state index contributed by atoms with van der Waals surface area (Å²) in [6, 6.07) is -0.00354. The smallest absolute Gasteiger partial charge is 0.303 e. The van der Waals surface area contributed by atoms with E-state index in [1.54, 1.807) is 0 Å². The Kier molecular flexibility index (Phi) is 5.25. The van der Waals surface area contributed by atoms with Crippen molar-refractivity contribution in [2.24, 2.45) is 0 Å². The summed E-state index contributed by atoms with van der Waals surface area (Å²) in [4.78, 5) is 22.0. The van der Waals surface area contributed by atoms with Crippen molar-refractivity contribution in [3.8, 4) is 0 Å². The molecule has 5 heteroatoms. The molecule has 0 spiro atoms. The topological polar surface area (TPSA) is 78.4 Å². The SMILES string of the molecule is CC(CCCC(=O)O)NC(=O)C1CCCN1. The quantitative estimate of drug-likeness (QED) is 0.618. The van der Waals surface area contributed by atoms with E-state index >= 15 is 0 Å². The molecule has 1 amide bonds. The third-order valence-corrected chi connectivity index (χ3v) is 2.79. The van der Waals surface area contributed by atoms with Gasteiger partial charge < -0.3 is 15.7 Å². The molecule has 5 nitrogen and oxygen atoms in total. The number of carbonyl (C=O) groups excluding carboxylic acids is 1. The zero-order valence-electron chi connectivity index (χ0n) is 9.66. The highest BCUT2D eigenvalue weighted by Gasteiger charge is 2.22. The molecule has 1 rings (SSSR count). The van der Waals surface area contributed by atoms with E-state index in [2.05, 4.69) is 10.6 Å². The Hall–Kier alpha value is -1.10. The normalized spacial score (nSPS) is 21.7.